The van der Waals surface area contributed by atoms with Gasteiger partial charge in [-0.2, -0.15) is 0 Å². The minimum atomic E-state index is -0.0163. The van der Waals surface area contributed by atoms with Crippen LogP contribution in [0.1, 0.15) is 21.1 Å². The molecule has 0 aliphatic rings. The number of ketones is 1. The number of nitrogens with zero attached hydrogens (tertiary/aromatic N) is 3. The topological polar surface area (TPSA) is 57.0 Å². The van der Waals surface area contributed by atoms with Gasteiger partial charge in [0.1, 0.15) is 11.6 Å². The highest BCUT2D eigenvalue weighted by atomic mass is 35.5. The molecular formula is C17H16ClN3O2S2. The van der Waals surface area contributed by atoms with Crippen LogP contribution in [0.2, 0.25) is 5.02 Å². The highest BCUT2D eigenvalue weighted by Crippen LogP contribution is 2.26. The van der Waals surface area contributed by atoms with E-state index in [4.69, 9.17) is 16.3 Å². The number of hydrogen-bond donors (Lipinski definition) is 0. The summed E-state index contributed by atoms with van der Waals surface area (Å²) in [6.45, 7) is 0. The van der Waals surface area contributed by atoms with Crippen molar-refractivity contribution in [1.29, 1.82) is 0 Å². The molecule has 1 aromatic carbocycles. The molecule has 130 valence electrons. The minimum Gasteiger partial charge on any atom is -0.495 e. The predicted molar refractivity (Wildman–Crippen MR) is 101 cm³/mol. The molecule has 3 aromatic rings. The molecule has 0 spiro atoms. The van der Waals surface area contributed by atoms with E-state index in [0.717, 1.165) is 17.4 Å². The SMILES string of the molecule is COc1ccc(C(=O)CSc2nnc(Cc3cccs3)n2C)cc1Cl. The van der Waals surface area contributed by atoms with Crippen LogP contribution in [0.5, 0.6) is 5.75 Å². The minimum absolute atomic E-state index is 0.0163. The number of thiophene rings is 1. The van der Waals surface area contributed by atoms with Gasteiger partial charge in [-0.05, 0) is 29.6 Å². The molecular weight excluding hydrogens is 378 g/mol. The fourth-order valence-corrected chi connectivity index (χ4v) is 4.03. The van der Waals surface area contributed by atoms with E-state index < -0.39 is 0 Å². The zero-order valence-electron chi connectivity index (χ0n) is 13.7. The Labute approximate surface area is 159 Å². The number of benzene rings is 1. The highest BCUT2D eigenvalue weighted by molar-refractivity contribution is 7.99. The smallest absolute Gasteiger partial charge is 0.191 e. The molecule has 25 heavy (non-hydrogen) atoms. The molecule has 0 unspecified atom stereocenters. The van der Waals surface area contributed by atoms with Gasteiger partial charge in [-0.25, -0.2) is 0 Å². The number of thioether (sulfide) groups is 1. The zero-order chi connectivity index (χ0) is 17.8. The summed E-state index contributed by atoms with van der Waals surface area (Å²) in [5, 5.41) is 11.6. The van der Waals surface area contributed by atoms with E-state index in [1.54, 1.807) is 36.6 Å². The first-order valence-electron chi connectivity index (χ1n) is 7.48. The summed E-state index contributed by atoms with van der Waals surface area (Å²) in [6.07, 6.45) is 0.740. The molecule has 0 amide bonds. The molecule has 2 heterocycles. The van der Waals surface area contributed by atoms with Gasteiger partial charge in [0.2, 0.25) is 0 Å². The van der Waals surface area contributed by atoms with Crippen molar-refractivity contribution >= 4 is 40.5 Å². The van der Waals surface area contributed by atoms with Crippen LogP contribution in [0.25, 0.3) is 0 Å². The van der Waals surface area contributed by atoms with Crippen LogP contribution in [0.4, 0.5) is 0 Å². The molecule has 0 aliphatic heterocycles. The maximum atomic E-state index is 12.4. The highest BCUT2D eigenvalue weighted by Gasteiger charge is 2.14. The van der Waals surface area contributed by atoms with Crippen LogP contribution in [0.3, 0.4) is 0 Å². The van der Waals surface area contributed by atoms with Crippen molar-refractivity contribution in [2.45, 2.75) is 11.6 Å². The Balaban J connectivity index is 1.64. The van der Waals surface area contributed by atoms with Crippen LogP contribution in [-0.4, -0.2) is 33.4 Å². The quantitative estimate of drug-likeness (QED) is 0.446. The normalized spacial score (nSPS) is 10.8. The Bertz CT molecular complexity index is 878. The molecule has 0 radical (unpaired) electrons. The lowest BCUT2D eigenvalue weighted by Gasteiger charge is -2.06. The maximum absolute atomic E-state index is 12.4. The summed E-state index contributed by atoms with van der Waals surface area (Å²) in [5.41, 5.74) is 0.555. The van der Waals surface area contributed by atoms with Crippen molar-refractivity contribution in [2.24, 2.45) is 7.05 Å². The maximum Gasteiger partial charge on any atom is 0.191 e. The van der Waals surface area contributed by atoms with Gasteiger partial charge >= 0.3 is 0 Å². The van der Waals surface area contributed by atoms with Crippen LogP contribution in [0, 0.1) is 0 Å². The second-order valence-electron chi connectivity index (χ2n) is 5.28. The second kappa shape index (κ2) is 8.03. The Morgan fingerprint density at radius 1 is 1.36 bits per heavy atom. The molecule has 0 fully saturated rings. The van der Waals surface area contributed by atoms with E-state index >= 15 is 0 Å². The first-order valence-corrected chi connectivity index (χ1v) is 9.73. The average Bonchev–Trinajstić information content (AvgIpc) is 3.24. The fraction of sp³-hybridized carbons (Fsp3) is 0.235. The number of halogens is 1. The van der Waals surface area contributed by atoms with Gasteiger partial charge in [0.15, 0.2) is 10.9 Å². The lowest BCUT2D eigenvalue weighted by Crippen LogP contribution is -2.05. The standard InChI is InChI=1S/C17H16ClN3O2S2/c1-21-16(9-12-4-3-7-24-12)19-20-17(21)25-10-14(22)11-5-6-15(23-2)13(18)8-11/h3-8H,9-10H2,1-2H3. The zero-order valence-corrected chi connectivity index (χ0v) is 16.1. The van der Waals surface area contributed by atoms with Crippen molar-refractivity contribution in [3.63, 3.8) is 0 Å². The molecule has 0 bridgehead atoms. The number of carbonyl (C=O) groups is 1. The summed E-state index contributed by atoms with van der Waals surface area (Å²) >= 11 is 9.14. The van der Waals surface area contributed by atoms with E-state index in [1.165, 1.54) is 16.6 Å². The number of methoxy groups -OCH3 is 1. The third-order valence-electron chi connectivity index (χ3n) is 3.64. The van der Waals surface area contributed by atoms with Crippen molar-refractivity contribution in [1.82, 2.24) is 14.8 Å². The summed E-state index contributed by atoms with van der Waals surface area (Å²) in [4.78, 5) is 13.6. The van der Waals surface area contributed by atoms with Gasteiger partial charge in [-0.1, -0.05) is 29.4 Å². The van der Waals surface area contributed by atoms with E-state index in [-0.39, 0.29) is 11.5 Å². The van der Waals surface area contributed by atoms with Crippen LogP contribution < -0.4 is 4.74 Å². The van der Waals surface area contributed by atoms with Crippen LogP contribution in [0.15, 0.2) is 40.9 Å². The van der Waals surface area contributed by atoms with Gasteiger partial charge in [0.25, 0.3) is 0 Å². The number of Topliss-reactive ketones (excluding diaryl/α,β-unsaturated/α-hetero) is 1. The molecule has 0 aliphatic carbocycles. The largest absolute Gasteiger partial charge is 0.495 e. The first kappa shape index (κ1) is 18.0. The molecule has 2 aromatic heterocycles. The lowest BCUT2D eigenvalue weighted by atomic mass is 10.1. The van der Waals surface area contributed by atoms with Crippen molar-refractivity contribution < 1.29 is 9.53 Å². The van der Waals surface area contributed by atoms with Gasteiger partial charge in [0.05, 0.1) is 17.9 Å². The van der Waals surface area contributed by atoms with E-state index in [0.29, 0.717) is 16.3 Å². The molecule has 0 saturated heterocycles. The Hall–Kier alpha value is -1.83. The molecule has 0 N–H and O–H groups in total. The van der Waals surface area contributed by atoms with Crippen LogP contribution >= 0.6 is 34.7 Å². The average molecular weight is 394 g/mol. The summed E-state index contributed by atoms with van der Waals surface area (Å²) in [5.74, 6) is 1.69. The summed E-state index contributed by atoms with van der Waals surface area (Å²) < 4.78 is 7.03. The summed E-state index contributed by atoms with van der Waals surface area (Å²) in [6, 6.07) is 9.13. The number of ether oxygens (including phenoxy) is 1. The molecule has 0 atom stereocenters. The van der Waals surface area contributed by atoms with Crippen molar-refractivity contribution in [3.05, 3.63) is 57.0 Å². The molecule has 0 saturated carbocycles. The number of aromatic nitrogens is 3. The molecule has 3 rings (SSSR count). The number of hydrogen-bond acceptors (Lipinski definition) is 6. The van der Waals surface area contributed by atoms with Crippen molar-refractivity contribution in [3.8, 4) is 5.75 Å². The third kappa shape index (κ3) is 4.23. The third-order valence-corrected chi connectivity index (χ3v) is 5.84. The Morgan fingerprint density at radius 2 is 2.20 bits per heavy atom. The summed E-state index contributed by atoms with van der Waals surface area (Å²) in [7, 11) is 3.46. The first-order chi connectivity index (χ1) is 12.1. The molecule has 8 heteroatoms. The van der Waals surface area contributed by atoms with Crippen molar-refractivity contribution in [2.75, 3.05) is 12.9 Å². The number of carbonyl (C=O) groups excluding carboxylic acids is 1. The monoisotopic (exact) mass is 393 g/mol. The lowest BCUT2D eigenvalue weighted by molar-refractivity contribution is 0.102. The number of rotatable bonds is 7. The van der Waals surface area contributed by atoms with E-state index in [1.807, 2.05) is 23.1 Å². The molecule has 5 nitrogen and oxygen atoms in total. The fourth-order valence-electron chi connectivity index (χ4n) is 2.25. The van der Waals surface area contributed by atoms with Gasteiger partial charge in [-0.3, -0.25) is 4.79 Å². The van der Waals surface area contributed by atoms with Crippen LogP contribution in [-0.2, 0) is 13.5 Å². The van der Waals surface area contributed by atoms with E-state index in [2.05, 4.69) is 16.3 Å². The van der Waals surface area contributed by atoms with Gasteiger partial charge in [0, 0.05) is 23.9 Å². The second-order valence-corrected chi connectivity index (χ2v) is 7.66. The Morgan fingerprint density at radius 3 is 2.88 bits per heavy atom. The Kier molecular flexibility index (Phi) is 5.78. The van der Waals surface area contributed by atoms with Gasteiger partial charge in [-0.15, -0.1) is 21.5 Å². The van der Waals surface area contributed by atoms with Gasteiger partial charge < -0.3 is 9.30 Å². The van der Waals surface area contributed by atoms with E-state index in [9.17, 15) is 4.79 Å². The predicted octanol–water partition coefficient (Wildman–Crippen LogP) is 4.10.